The number of rotatable bonds is 18. The van der Waals surface area contributed by atoms with Crippen LogP contribution >= 0.6 is 0 Å². The van der Waals surface area contributed by atoms with Gasteiger partial charge in [-0.1, -0.05) is 20.3 Å². The number of carboxylic acid groups (broad SMARTS) is 2. The van der Waals surface area contributed by atoms with E-state index in [0.29, 0.717) is 6.42 Å². The van der Waals surface area contributed by atoms with Gasteiger partial charge in [0.25, 0.3) is 0 Å². The van der Waals surface area contributed by atoms with E-state index in [2.05, 4.69) is 20.9 Å². The standard InChI is InChI=1S/C21H38N8O8/c1-3-10(2)16(20(36)37)29-19(35)12(5-4-8-26-21(24)25)28-18(34)13(6-7-15(31)32)27-17(33)11(22)9-14(23)30/h10-13,16H,3-9,22H2,1-2H3,(H2,23,30)(H,27,33)(H,28,34)(H,29,35)(H,31,32)(H,36,37)(H4,24,25,26). The molecule has 0 aromatic carbocycles. The van der Waals surface area contributed by atoms with Crippen molar-refractivity contribution in [2.45, 2.75) is 76.5 Å². The van der Waals surface area contributed by atoms with Gasteiger partial charge in [-0.2, -0.15) is 0 Å². The molecule has 0 radical (unpaired) electrons. The van der Waals surface area contributed by atoms with E-state index in [1.165, 1.54) is 0 Å². The first-order valence-electron chi connectivity index (χ1n) is 11.6. The first-order chi connectivity index (χ1) is 17.2. The van der Waals surface area contributed by atoms with Crippen LogP contribution in [0.4, 0.5) is 0 Å². The Bertz CT molecular complexity index is 861. The minimum Gasteiger partial charge on any atom is -0.481 e. The lowest BCUT2D eigenvalue weighted by Crippen LogP contribution is -2.58. The highest BCUT2D eigenvalue weighted by Crippen LogP contribution is 2.10. The van der Waals surface area contributed by atoms with Crippen LogP contribution in [0.5, 0.6) is 0 Å². The molecular formula is C21H38N8O8. The zero-order valence-electron chi connectivity index (χ0n) is 20.9. The fourth-order valence-corrected chi connectivity index (χ4v) is 3.11. The molecule has 0 rings (SSSR count). The molecule has 16 heteroatoms. The van der Waals surface area contributed by atoms with Crippen molar-refractivity contribution >= 4 is 41.5 Å². The topological polar surface area (TPSA) is 295 Å². The summed E-state index contributed by atoms with van der Waals surface area (Å²) in [5.41, 5.74) is 21.2. The van der Waals surface area contributed by atoms with Crippen LogP contribution in [0, 0.1) is 5.92 Å². The highest BCUT2D eigenvalue weighted by atomic mass is 16.4. The van der Waals surface area contributed by atoms with Gasteiger partial charge in [-0.15, -0.1) is 0 Å². The smallest absolute Gasteiger partial charge is 0.326 e. The highest BCUT2D eigenvalue weighted by Gasteiger charge is 2.32. The number of hydrogen-bond acceptors (Lipinski definition) is 8. The second-order valence-electron chi connectivity index (χ2n) is 8.49. The molecule has 0 aromatic rings. The number of nitrogens with zero attached hydrogens (tertiary/aromatic N) is 1. The predicted molar refractivity (Wildman–Crippen MR) is 131 cm³/mol. The third-order valence-electron chi connectivity index (χ3n) is 5.39. The molecule has 37 heavy (non-hydrogen) atoms. The third-order valence-corrected chi connectivity index (χ3v) is 5.39. The highest BCUT2D eigenvalue weighted by molar-refractivity contribution is 5.95. The summed E-state index contributed by atoms with van der Waals surface area (Å²) < 4.78 is 0. The van der Waals surface area contributed by atoms with Crippen molar-refractivity contribution in [2.75, 3.05) is 6.54 Å². The van der Waals surface area contributed by atoms with Gasteiger partial charge in [-0.25, -0.2) is 4.79 Å². The normalized spacial score (nSPS) is 14.7. The Morgan fingerprint density at radius 3 is 1.89 bits per heavy atom. The maximum atomic E-state index is 13.0. The Hall–Kier alpha value is -3.95. The van der Waals surface area contributed by atoms with Crippen LogP contribution in [0.3, 0.4) is 0 Å². The summed E-state index contributed by atoms with van der Waals surface area (Å²) in [6, 6.07) is -5.32. The zero-order valence-corrected chi connectivity index (χ0v) is 20.9. The van der Waals surface area contributed by atoms with Crippen LogP contribution in [0.15, 0.2) is 4.99 Å². The van der Waals surface area contributed by atoms with Gasteiger partial charge >= 0.3 is 11.9 Å². The van der Waals surface area contributed by atoms with E-state index in [9.17, 15) is 33.9 Å². The molecular weight excluding hydrogens is 492 g/mol. The molecule has 0 bridgehead atoms. The van der Waals surface area contributed by atoms with Crippen molar-refractivity contribution in [3.8, 4) is 0 Å². The van der Waals surface area contributed by atoms with Crippen LogP contribution in [0.25, 0.3) is 0 Å². The molecule has 0 aliphatic carbocycles. The lowest BCUT2D eigenvalue weighted by atomic mass is 9.98. The van der Waals surface area contributed by atoms with Gasteiger partial charge in [0.15, 0.2) is 5.96 Å². The van der Waals surface area contributed by atoms with Crippen LogP contribution in [-0.4, -0.2) is 82.5 Å². The number of nitrogens with one attached hydrogen (secondary N) is 3. The molecule has 0 spiro atoms. The summed E-state index contributed by atoms with van der Waals surface area (Å²) in [7, 11) is 0. The Balaban J connectivity index is 5.76. The largest absolute Gasteiger partial charge is 0.481 e. The van der Waals surface area contributed by atoms with Crippen molar-refractivity contribution in [1.82, 2.24) is 16.0 Å². The summed E-state index contributed by atoms with van der Waals surface area (Å²) in [4.78, 5) is 75.8. The Labute approximate surface area is 214 Å². The summed E-state index contributed by atoms with van der Waals surface area (Å²) in [6.45, 7) is 3.49. The number of nitrogens with two attached hydrogens (primary N) is 4. The second-order valence-corrected chi connectivity index (χ2v) is 8.49. The van der Waals surface area contributed by atoms with E-state index in [0.717, 1.165) is 0 Å². The Morgan fingerprint density at radius 2 is 1.41 bits per heavy atom. The minimum absolute atomic E-state index is 0.0119. The van der Waals surface area contributed by atoms with E-state index >= 15 is 0 Å². The SMILES string of the molecule is CCC(C)C(NC(=O)C(CCCN=C(N)N)NC(=O)C(CCC(=O)O)NC(=O)C(N)CC(N)=O)C(=O)O. The summed E-state index contributed by atoms with van der Waals surface area (Å²) in [5.74, 6) is -6.63. The minimum atomic E-state index is -1.43. The average Bonchev–Trinajstić information content (AvgIpc) is 2.79. The molecule has 5 atom stereocenters. The molecule has 4 amide bonds. The van der Waals surface area contributed by atoms with Crippen LogP contribution in [-0.2, 0) is 28.8 Å². The number of carbonyl (C=O) groups excluding carboxylic acids is 4. The molecule has 16 nitrogen and oxygen atoms in total. The Kier molecular flexibility index (Phi) is 14.9. The van der Waals surface area contributed by atoms with Gasteiger partial charge in [0.05, 0.1) is 12.5 Å². The van der Waals surface area contributed by atoms with Gasteiger partial charge in [0.1, 0.15) is 18.1 Å². The molecule has 0 aromatic heterocycles. The fraction of sp³-hybridized carbons (Fsp3) is 0.667. The molecule has 0 saturated heterocycles. The quantitative estimate of drug-likeness (QED) is 0.0480. The van der Waals surface area contributed by atoms with E-state index in [-0.39, 0.29) is 31.8 Å². The van der Waals surface area contributed by atoms with Crippen LogP contribution < -0.4 is 38.9 Å². The first kappa shape index (κ1) is 33.0. The zero-order chi connectivity index (χ0) is 28.7. The number of carbonyl (C=O) groups is 6. The number of carboxylic acids is 2. The van der Waals surface area contributed by atoms with E-state index in [1.54, 1.807) is 13.8 Å². The monoisotopic (exact) mass is 530 g/mol. The van der Waals surface area contributed by atoms with Crippen molar-refractivity contribution in [1.29, 1.82) is 0 Å². The molecule has 0 saturated carbocycles. The van der Waals surface area contributed by atoms with Crippen molar-refractivity contribution < 1.29 is 39.0 Å². The average molecular weight is 531 g/mol. The molecule has 13 N–H and O–H groups in total. The maximum Gasteiger partial charge on any atom is 0.326 e. The number of hydrogen-bond donors (Lipinski definition) is 9. The molecule has 0 aliphatic rings. The molecule has 210 valence electrons. The Morgan fingerprint density at radius 1 is 0.865 bits per heavy atom. The number of primary amides is 1. The predicted octanol–water partition coefficient (Wildman–Crippen LogP) is -3.31. The fourth-order valence-electron chi connectivity index (χ4n) is 3.11. The number of aliphatic carboxylic acids is 2. The first-order valence-corrected chi connectivity index (χ1v) is 11.6. The number of amides is 4. The summed E-state index contributed by atoms with van der Waals surface area (Å²) >= 11 is 0. The molecule has 0 heterocycles. The van der Waals surface area contributed by atoms with Crippen molar-refractivity contribution in [2.24, 2.45) is 33.8 Å². The lowest BCUT2D eigenvalue weighted by molar-refractivity contribution is -0.144. The molecule has 5 unspecified atom stereocenters. The third kappa shape index (κ3) is 13.6. The van der Waals surface area contributed by atoms with Gasteiger partial charge in [0.2, 0.25) is 23.6 Å². The van der Waals surface area contributed by atoms with E-state index in [1.807, 2.05) is 0 Å². The van der Waals surface area contributed by atoms with Crippen LogP contribution in [0.1, 0.15) is 52.4 Å². The van der Waals surface area contributed by atoms with Gasteiger partial charge < -0.3 is 49.1 Å². The second kappa shape index (κ2) is 16.7. The maximum absolute atomic E-state index is 13.0. The summed E-state index contributed by atoms with van der Waals surface area (Å²) in [5, 5.41) is 25.6. The van der Waals surface area contributed by atoms with Crippen molar-refractivity contribution in [3.63, 3.8) is 0 Å². The van der Waals surface area contributed by atoms with Crippen LogP contribution in [0.2, 0.25) is 0 Å². The number of guanidine groups is 1. The van der Waals surface area contributed by atoms with E-state index < -0.39 is 78.5 Å². The number of aliphatic imine (C=N–C) groups is 1. The van der Waals surface area contributed by atoms with E-state index in [4.69, 9.17) is 28.0 Å². The van der Waals surface area contributed by atoms with Gasteiger partial charge in [-0.05, 0) is 25.2 Å². The lowest BCUT2D eigenvalue weighted by Gasteiger charge is -2.26. The van der Waals surface area contributed by atoms with Crippen molar-refractivity contribution in [3.05, 3.63) is 0 Å². The molecule has 0 aliphatic heterocycles. The van der Waals surface area contributed by atoms with Gasteiger partial charge in [-0.3, -0.25) is 29.0 Å². The summed E-state index contributed by atoms with van der Waals surface area (Å²) in [6.07, 6.45) is -0.729. The van der Waals surface area contributed by atoms with Gasteiger partial charge in [0, 0.05) is 13.0 Å². The molecule has 0 fully saturated rings.